The lowest BCUT2D eigenvalue weighted by atomic mass is 9.72. The second-order valence-electron chi connectivity index (χ2n) is 9.98. The Bertz CT molecular complexity index is 1240. The molecule has 2 aromatic rings. The molecule has 4 heterocycles. The third-order valence-corrected chi connectivity index (χ3v) is 8.86. The number of ketones is 1. The van der Waals surface area contributed by atoms with Crippen LogP contribution in [-0.4, -0.2) is 58.5 Å². The van der Waals surface area contributed by atoms with Crippen LogP contribution in [0.2, 0.25) is 0 Å². The first-order chi connectivity index (χ1) is 17.4. The van der Waals surface area contributed by atoms with Gasteiger partial charge in [0.05, 0.1) is 37.2 Å². The zero-order valence-electron chi connectivity index (χ0n) is 19.9. The van der Waals surface area contributed by atoms with Crippen LogP contribution < -0.4 is 10.1 Å². The number of hydrogen-bond acceptors (Lipinski definition) is 7. The number of likely N-dealkylation sites (tertiary alicyclic amines) is 1. The Morgan fingerprint density at radius 1 is 1.28 bits per heavy atom. The number of amides is 2. The molecule has 2 bridgehead atoms. The Hall–Kier alpha value is -3.17. The van der Waals surface area contributed by atoms with Gasteiger partial charge in [-0.3, -0.25) is 14.4 Å². The molecule has 5 atom stereocenters. The van der Waals surface area contributed by atoms with Crippen LogP contribution in [0.25, 0.3) is 0 Å². The molecule has 1 spiro atoms. The van der Waals surface area contributed by atoms with Crippen molar-refractivity contribution in [3.8, 4) is 11.5 Å². The van der Waals surface area contributed by atoms with Gasteiger partial charge >= 0.3 is 0 Å². The van der Waals surface area contributed by atoms with Crippen molar-refractivity contribution in [2.45, 2.75) is 56.0 Å². The van der Waals surface area contributed by atoms with Crippen molar-refractivity contribution in [1.82, 2.24) is 10.2 Å². The minimum absolute atomic E-state index is 0.0860. The van der Waals surface area contributed by atoms with E-state index in [1.165, 1.54) is 30.6 Å². The van der Waals surface area contributed by atoms with Crippen molar-refractivity contribution in [3.63, 3.8) is 0 Å². The van der Waals surface area contributed by atoms with Gasteiger partial charge in [0.15, 0.2) is 5.78 Å². The van der Waals surface area contributed by atoms with Gasteiger partial charge in [0, 0.05) is 17.0 Å². The second kappa shape index (κ2) is 8.74. The maximum absolute atomic E-state index is 14.0. The second-order valence-corrected chi connectivity index (χ2v) is 11.0. The van der Waals surface area contributed by atoms with Gasteiger partial charge in [-0.05, 0) is 36.4 Å². The number of rotatable bonds is 7. The number of Topliss-reactive ketones (excluding diaryl/α,β-unsaturated/α-hetero) is 1. The van der Waals surface area contributed by atoms with E-state index in [-0.39, 0.29) is 41.5 Å². The van der Waals surface area contributed by atoms with E-state index in [1.54, 1.807) is 17.0 Å². The highest BCUT2D eigenvalue weighted by atomic mass is 32.1. The van der Waals surface area contributed by atoms with Gasteiger partial charge in [-0.15, -0.1) is 11.3 Å². The molecule has 6 rings (SSSR count). The Labute approximate surface area is 212 Å². The number of thiophene rings is 1. The van der Waals surface area contributed by atoms with Crippen LogP contribution in [0.3, 0.4) is 0 Å². The maximum Gasteiger partial charge on any atom is 0.246 e. The summed E-state index contributed by atoms with van der Waals surface area (Å²) in [6, 6.07) is 7.54. The first kappa shape index (κ1) is 23.2. The number of nitrogens with zero attached hydrogens (tertiary/aromatic N) is 1. The highest BCUT2D eigenvalue weighted by Crippen LogP contribution is 2.56. The smallest absolute Gasteiger partial charge is 0.246 e. The van der Waals surface area contributed by atoms with Crippen molar-refractivity contribution in [3.05, 3.63) is 58.3 Å². The molecule has 2 saturated heterocycles. The number of hydrogen-bond donors (Lipinski definition) is 2. The topological polar surface area (TPSA) is 105 Å². The van der Waals surface area contributed by atoms with E-state index in [2.05, 4.69) is 5.32 Å². The summed E-state index contributed by atoms with van der Waals surface area (Å²) in [5.74, 6) is -2.35. The van der Waals surface area contributed by atoms with E-state index in [9.17, 15) is 19.5 Å². The fourth-order valence-corrected chi connectivity index (χ4v) is 7.09. The van der Waals surface area contributed by atoms with Crippen LogP contribution in [-0.2, 0) is 20.9 Å². The molecule has 36 heavy (non-hydrogen) atoms. The first-order valence-electron chi connectivity index (χ1n) is 12.3. The fourth-order valence-electron chi connectivity index (χ4n) is 6.38. The molecular weight excluding hydrogens is 480 g/mol. The Morgan fingerprint density at radius 3 is 2.78 bits per heavy atom. The monoisotopic (exact) mass is 508 g/mol. The summed E-state index contributed by atoms with van der Waals surface area (Å²) in [4.78, 5) is 44.0. The van der Waals surface area contributed by atoms with Gasteiger partial charge in [0.2, 0.25) is 11.8 Å². The minimum atomic E-state index is -1.22. The van der Waals surface area contributed by atoms with Crippen LogP contribution in [0.5, 0.6) is 11.5 Å². The molecule has 9 heteroatoms. The van der Waals surface area contributed by atoms with Crippen LogP contribution in [0, 0.1) is 11.8 Å². The lowest BCUT2D eigenvalue weighted by molar-refractivity contribution is -0.140. The molecule has 3 fully saturated rings. The summed E-state index contributed by atoms with van der Waals surface area (Å²) in [7, 11) is 1.48. The summed E-state index contributed by atoms with van der Waals surface area (Å²) in [5, 5.41) is 15.6. The maximum atomic E-state index is 14.0. The van der Waals surface area contributed by atoms with Crippen molar-refractivity contribution in [1.29, 1.82) is 0 Å². The van der Waals surface area contributed by atoms with Crippen molar-refractivity contribution in [2.24, 2.45) is 11.8 Å². The van der Waals surface area contributed by atoms with E-state index in [0.29, 0.717) is 5.75 Å². The molecule has 4 aliphatic rings. The van der Waals surface area contributed by atoms with Crippen LogP contribution in [0.4, 0.5) is 0 Å². The van der Waals surface area contributed by atoms with Gasteiger partial charge in [-0.2, -0.15) is 0 Å². The fraction of sp³-hybridized carbons (Fsp3) is 0.444. The lowest BCUT2D eigenvalue weighted by Gasteiger charge is -2.32. The zero-order chi connectivity index (χ0) is 25.0. The molecule has 0 radical (unpaired) electrons. The quantitative estimate of drug-likeness (QED) is 0.440. The third-order valence-electron chi connectivity index (χ3n) is 8.00. The average molecular weight is 509 g/mol. The van der Waals surface area contributed by atoms with E-state index in [4.69, 9.17) is 9.47 Å². The molecular formula is C27H28N2O6S. The molecule has 1 aliphatic carbocycles. The number of fused-ring (bicyclic) bond motifs is 1. The normalized spacial score (nSPS) is 30.7. The average Bonchev–Trinajstić information content (AvgIpc) is 3.69. The molecule has 8 nitrogen and oxygen atoms in total. The summed E-state index contributed by atoms with van der Waals surface area (Å²) >= 11 is 1.52. The summed E-state index contributed by atoms with van der Waals surface area (Å²) < 4.78 is 11.5. The molecule has 1 aromatic carbocycles. The third kappa shape index (κ3) is 3.48. The molecule has 3 aliphatic heterocycles. The summed E-state index contributed by atoms with van der Waals surface area (Å²) in [6.07, 6.45) is 6.94. The summed E-state index contributed by atoms with van der Waals surface area (Å²) in [6.45, 7) is 0.272. The van der Waals surface area contributed by atoms with Crippen molar-refractivity contribution >= 4 is 28.9 Å². The van der Waals surface area contributed by atoms with E-state index in [0.717, 1.165) is 30.6 Å². The Kier molecular flexibility index (Phi) is 5.64. The number of phenolic OH excluding ortho intramolecular Hbond substituents is 1. The van der Waals surface area contributed by atoms with Gasteiger partial charge in [0.25, 0.3) is 0 Å². The number of phenols is 1. The summed E-state index contributed by atoms with van der Waals surface area (Å²) in [5.41, 5.74) is -1.11. The Morgan fingerprint density at radius 2 is 2.08 bits per heavy atom. The standard InChI is InChI=1S/C27H28N2O6S/c1-34-16-8-9-18(19(30)13-16)23(31)21-20-10-11-27(35-20)22(21)26(33)29(14-17-7-4-12-36-17)24(27)25(32)28-15-5-2-3-6-15/h4,7-13,15,20-22,24,30H,2-3,5-6,14H2,1H3,(H,28,32)/t20-,21-,22+,24-,27-/m1/s1. The number of carbonyl (C=O) groups excluding carboxylic acids is 3. The highest BCUT2D eigenvalue weighted by molar-refractivity contribution is 7.09. The number of benzene rings is 1. The molecule has 1 aromatic heterocycles. The number of methoxy groups -OCH3 is 1. The predicted molar refractivity (Wildman–Crippen MR) is 132 cm³/mol. The van der Waals surface area contributed by atoms with E-state index in [1.807, 2.05) is 23.6 Å². The molecule has 1 saturated carbocycles. The minimum Gasteiger partial charge on any atom is -0.507 e. The van der Waals surface area contributed by atoms with Gasteiger partial charge in [-0.25, -0.2) is 0 Å². The van der Waals surface area contributed by atoms with Gasteiger partial charge in [0.1, 0.15) is 23.1 Å². The van der Waals surface area contributed by atoms with E-state index < -0.39 is 29.6 Å². The van der Waals surface area contributed by atoms with Gasteiger partial charge in [-0.1, -0.05) is 31.1 Å². The molecule has 0 unspecified atom stereocenters. The predicted octanol–water partition coefficient (Wildman–Crippen LogP) is 3.05. The van der Waals surface area contributed by atoms with Crippen LogP contribution in [0.1, 0.15) is 40.9 Å². The van der Waals surface area contributed by atoms with Crippen LogP contribution >= 0.6 is 11.3 Å². The SMILES string of the molecule is COc1ccc(C(=O)[C@H]2[C@H]3C(=O)N(Cc4cccs4)[C@H](C(=O)NC4CCCC4)[C@@]34C=C[C@H]2O4)c(O)c1. The number of nitrogens with one attached hydrogen (secondary N) is 1. The zero-order valence-corrected chi connectivity index (χ0v) is 20.7. The van der Waals surface area contributed by atoms with E-state index >= 15 is 0 Å². The number of carbonyl (C=O) groups is 3. The number of aromatic hydroxyl groups is 1. The molecule has 2 amide bonds. The molecule has 2 N–H and O–H groups in total. The highest BCUT2D eigenvalue weighted by Gasteiger charge is 2.72. The van der Waals surface area contributed by atoms with Crippen molar-refractivity contribution in [2.75, 3.05) is 7.11 Å². The number of ether oxygens (including phenoxy) is 2. The lowest BCUT2D eigenvalue weighted by Crippen LogP contribution is -2.55. The van der Waals surface area contributed by atoms with Crippen molar-refractivity contribution < 1.29 is 29.0 Å². The largest absolute Gasteiger partial charge is 0.507 e. The first-order valence-corrected chi connectivity index (χ1v) is 13.2. The van der Waals surface area contributed by atoms with Crippen LogP contribution in [0.15, 0.2) is 47.9 Å². The molecule has 188 valence electrons. The van der Waals surface area contributed by atoms with Gasteiger partial charge < -0.3 is 24.8 Å². The Balaban J connectivity index is 1.37.